The molecule has 1 aromatic rings. The Morgan fingerprint density at radius 1 is 1.29 bits per heavy atom. The van der Waals surface area contributed by atoms with Crippen molar-refractivity contribution >= 4 is 5.95 Å². The van der Waals surface area contributed by atoms with E-state index < -0.39 is 5.82 Å². The summed E-state index contributed by atoms with van der Waals surface area (Å²) in [5.74, 6) is 0.204. The zero-order valence-corrected chi connectivity index (χ0v) is 10.0. The van der Waals surface area contributed by atoms with Crippen molar-refractivity contribution in [3.05, 3.63) is 18.2 Å². The largest absolute Gasteiger partial charge is 0.338 e. The minimum atomic E-state index is -0.399. The molecule has 0 bridgehead atoms. The number of nitrogens with zero attached hydrogens (tertiary/aromatic N) is 4. The summed E-state index contributed by atoms with van der Waals surface area (Å²) >= 11 is 0. The summed E-state index contributed by atoms with van der Waals surface area (Å²) in [4.78, 5) is 12.4. The van der Waals surface area contributed by atoms with Crippen LogP contribution in [-0.2, 0) is 0 Å². The van der Waals surface area contributed by atoms with E-state index in [0.717, 1.165) is 26.2 Å². The first-order chi connectivity index (χ1) is 8.20. The Balaban J connectivity index is 1.93. The second-order valence-corrected chi connectivity index (χ2v) is 4.31. The van der Waals surface area contributed by atoms with Crippen molar-refractivity contribution in [1.82, 2.24) is 14.9 Å². The predicted octanol–water partition coefficient (Wildman–Crippen LogP) is 0.0849. The van der Waals surface area contributed by atoms with Crippen LogP contribution in [0.15, 0.2) is 12.4 Å². The van der Waals surface area contributed by atoms with E-state index in [0.29, 0.717) is 18.5 Å². The SMILES string of the molecule is CC(CN)N1CCN(c2ncc(F)cn2)CC1. The number of piperazine rings is 1. The van der Waals surface area contributed by atoms with Gasteiger partial charge < -0.3 is 10.6 Å². The summed E-state index contributed by atoms with van der Waals surface area (Å²) in [5.41, 5.74) is 5.64. The van der Waals surface area contributed by atoms with E-state index in [-0.39, 0.29) is 0 Å². The fourth-order valence-corrected chi connectivity index (χ4v) is 1.98. The quantitative estimate of drug-likeness (QED) is 0.810. The number of halogens is 1. The Morgan fingerprint density at radius 2 is 1.88 bits per heavy atom. The Hall–Kier alpha value is -1.27. The molecule has 1 fully saturated rings. The lowest BCUT2D eigenvalue weighted by atomic mass is 10.2. The Morgan fingerprint density at radius 3 is 2.41 bits per heavy atom. The molecule has 1 atom stereocenters. The fourth-order valence-electron chi connectivity index (χ4n) is 1.98. The third kappa shape index (κ3) is 2.89. The highest BCUT2D eigenvalue weighted by Gasteiger charge is 2.21. The van der Waals surface area contributed by atoms with Crippen molar-refractivity contribution in [3.63, 3.8) is 0 Å². The van der Waals surface area contributed by atoms with Gasteiger partial charge >= 0.3 is 0 Å². The van der Waals surface area contributed by atoms with Gasteiger partial charge in [0.05, 0.1) is 12.4 Å². The molecular weight excluding hydrogens is 221 g/mol. The summed E-state index contributed by atoms with van der Waals surface area (Å²) in [7, 11) is 0. The van der Waals surface area contributed by atoms with Gasteiger partial charge in [-0.1, -0.05) is 0 Å². The maximum Gasteiger partial charge on any atom is 0.225 e. The van der Waals surface area contributed by atoms with Gasteiger partial charge in [0.1, 0.15) is 0 Å². The third-order valence-electron chi connectivity index (χ3n) is 3.17. The lowest BCUT2D eigenvalue weighted by Gasteiger charge is -2.37. The molecule has 0 radical (unpaired) electrons. The summed E-state index contributed by atoms with van der Waals surface area (Å²) in [6.07, 6.45) is 2.41. The van der Waals surface area contributed by atoms with Crippen molar-refractivity contribution in [2.24, 2.45) is 5.73 Å². The first-order valence-corrected chi connectivity index (χ1v) is 5.87. The second kappa shape index (κ2) is 5.37. The molecule has 0 amide bonds. The third-order valence-corrected chi connectivity index (χ3v) is 3.17. The Kier molecular flexibility index (Phi) is 3.86. The lowest BCUT2D eigenvalue weighted by molar-refractivity contribution is 0.200. The van der Waals surface area contributed by atoms with E-state index >= 15 is 0 Å². The van der Waals surface area contributed by atoms with Crippen LogP contribution >= 0.6 is 0 Å². The van der Waals surface area contributed by atoms with Gasteiger partial charge in [-0.25, -0.2) is 14.4 Å². The number of anilines is 1. The first kappa shape index (κ1) is 12.2. The molecule has 2 rings (SSSR count). The van der Waals surface area contributed by atoms with Crippen LogP contribution in [0.1, 0.15) is 6.92 Å². The Labute approximate surface area is 100 Å². The molecule has 1 aromatic heterocycles. The van der Waals surface area contributed by atoms with E-state index in [4.69, 9.17) is 5.73 Å². The minimum Gasteiger partial charge on any atom is -0.338 e. The van der Waals surface area contributed by atoms with E-state index in [1.165, 1.54) is 12.4 Å². The predicted molar refractivity (Wildman–Crippen MR) is 64.3 cm³/mol. The van der Waals surface area contributed by atoms with Gasteiger partial charge in [-0.2, -0.15) is 0 Å². The van der Waals surface area contributed by atoms with Crippen LogP contribution in [0.5, 0.6) is 0 Å². The zero-order valence-electron chi connectivity index (χ0n) is 10.0. The number of nitrogens with two attached hydrogens (primary N) is 1. The van der Waals surface area contributed by atoms with Crippen molar-refractivity contribution < 1.29 is 4.39 Å². The minimum absolute atomic E-state index is 0.399. The van der Waals surface area contributed by atoms with E-state index in [9.17, 15) is 4.39 Å². The van der Waals surface area contributed by atoms with Crippen LogP contribution in [0.2, 0.25) is 0 Å². The molecule has 94 valence electrons. The van der Waals surface area contributed by atoms with Crippen LogP contribution in [-0.4, -0.2) is 53.6 Å². The summed E-state index contributed by atoms with van der Waals surface area (Å²) < 4.78 is 12.7. The molecule has 1 aliphatic heterocycles. The lowest BCUT2D eigenvalue weighted by Crippen LogP contribution is -2.51. The molecule has 17 heavy (non-hydrogen) atoms. The molecule has 0 aromatic carbocycles. The van der Waals surface area contributed by atoms with E-state index in [1.807, 2.05) is 0 Å². The second-order valence-electron chi connectivity index (χ2n) is 4.31. The van der Waals surface area contributed by atoms with Gasteiger partial charge in [0.2, 0.25) is 5.95 Å². The topological polar surface area (TPSA) is 58.3 Å². The summed E-state index contributed by atoms with van der Waals surface area (Å²) in [6.45, 7) is 6.40. The molecule has 0 spiro atoms. The van der Waals surface area contributed by atoms with Gasteiger partial charge in [0.25, 0.3) is 0 Å². The molecule has 1 saturated heterocycles. The summed E-state index contributed by atoms with van der Waals surface area (Å²) in [6, 6.07) is 0.409. The standard InChI is InChI=1S/C11H18FN5/c1-9(6-13)16-2-4-17(5-3-16)11-14-7-10(12)8-15-11/h7-9H,2-6,13H2,1H3. The Bertz CT molecular complexity index is 347. The average Bonchev–Trinajstić information content (AvgIpc) is 2.39. The first-order valence-electron chi connectivity index (χ1n) is 5.87. The van der Waals surface area contributed by atoms with E-state index in [1.54, 1.807) is 0 Å². The monoisotopic (exact) mass is 239 g/mol. The van der Waals surface area contributed by atoms with Crippen LogP contribution in [0.3, 0.4) is 0 Å². The molecule has 0 saturated carbocycles. The normalized spacial score (nSPS) is 19.4. The maximum absolute atomic E-state index is 12.7. The van der Waals surface area contributed by atoms with Gasteiger partial charge in [-0.3, -0.25) is 4.90 Å². The van der Waals surface area contributed by atoms with Gasteiger partial charge in [-0.05, 0) is 6.92 Å². The van der Waals surface area contributed by atoms with Gasteiger partial charge in [0, 0.05) is 38.8 Å². The fraction of sp³-hybridized carbons (Fsp3) is 0.636. The van der Waals surface area contributed by atoms with Crippen LogP contribution < -0.4 is 10.6 Å². The molecule has 0 aliphatic carbocycles. The van der Waals surface area contributed by atoms with Crippen LogP contribution in [0.4, 0.5) is 10.3 Å². The van der Waals surface area contributed by atoms with Crippen LogP contribution in [0.25, 0.3) is 0 Å². The number of hydrogen-bond donors (Lipinski definition) is 1. The van der Waals surface area contributed by atoms with Crippen molar-refractivity contribution in [2.75, 3.05) is 37.6 Å². The maximum atomic E-state index is 12.7. The highest BCUT2D eigenvalue weighted by atomic mass is 19.1. The molecule has 2 N–H and O–H groups in total. The highest BCUT2D eigenvalue weighted by molar-refractivity contribution is 5.29. The van der Waals surface area contributed by atoms with Gasteiger partial charge in [0.15, 0.2) is 5.82 Å². The number of hydrogen-bond acceptors (Lipinski definition) is 5. The zero-order chi connectivity index (χ0) is 12.3. The number of rotatable bonds is 3. The molecular formula is C11H18FN5. The molecule has 5 nitrogen and oxygen atoms in total. The van der Waals surface area contributed by atoms with Crippen molar-refractivity contribution in [2.45, 2.75) is 13.0 Å². The van der Waals surface area contributed by atoms with Gasteiger partial charge in [-0.15, -0.1) is 0 Å². The molecule has 6 heteroatoms. The molecule has 2 heterocycles. The smallest absolute Gasteiger partial charge is 0.225 e. The van der Waals surface area contributed by atoms with Crippen molar-refractivity contribution in [1.29, 1.82) is 0 Å². The van der Waals surface area contributed by atoms with E-state index in [2.05, 4.69) is 26.7 Å². The highest BCUT2D eigenvalue weighted by Crippen LogP contribution is 2.11. The molecule has 1 unspecified atom stereocenters. The average molecular weight is 239 g/mol. The molecule has 1 aliphatic rings. The van der Waals surface area contributed by atoms with Crippen LogP contribution in [0, 0.1) is 5.82 Å². The van der Waals surface area contributed by atoms with Crippen molar-refractivity contribution in [3.8, 4) is 0 Å². The summed E-state index contributed by atoms with van der Waals surface area (Å²) in [5, 5.41) is 0. The number of aromatic nitrogens is 2.